The zero-order chi connectivity index (χ0) is 29.8. The summed E-state index contributed by atoms with van der Waals surface area (Å²) in [5.41, 5.74) is 0.800. The molecule has 10 heteroatoms. The highest BCUT2D eigenvalue weighted by atomic mass is 32.2. The first-order valence-electron chi connectivity index (χ1n) is 13.4. The number of benzene rings is 1. The minimum atomic E-state index is -1.03. The van der Waals surface area contributed by atoms with Gasteiger partial charge in [0.25, 0.3) is 0 Å². The summed E-state index contributed by atoms with van der Waals surface area (Å²) in [7, 11) is 1.25. The van der Waals surface area contributed by atoms with Crippen LogP contribution in [0.4, 0.5) is 4.79 Å². The number of ether oxygens (including phenoxy) is 2. The highest BCUT2D eigenvalue weighted by molar-refractivity contribution is 7.98. The van der Waals surface area contributed by atoms with Crippen LogP contribution in [0, 0.1) is 12.8 Å². The fourth-order valence-electron chi connectivity index (χ4n) is 4.04. The maximum atomic E-state index is 14.3. The van der Waals surface area contributed by atoms with Crippen molar-refractivity contribution in [1.82, 2.24) is 15.5 Å². The predicted octanol–water partition coefficient (Wildman–Crippen LogP) is 4.63. The molecule has 3 atom stereocenters. The van der Waals surface area contributed by atoms with E-state index in [9.17, 15) is 19.2 Å². The lowest BCUT2D eigenvalue weighted by Crippen LogP contribution is -2.56. The van der Waals surface area contributed by atoms with Gasteiger partial charge in [0.2, 0.25) is 11.8 Å². The molecule has 1 rings (SSSR count). The molecule has 0 saturated heterocycles. The number of alkyl carbamates (subject to hydrolysis) is 1. The van der Waals surface area contributed by atoms with Gasteiger partial charge in [-0.05, 0) is 77.4 Å². The number of nitrogens with one attached hydrogen (secondary N) is 2. The van der Waals surface area contributed by atoms with Crippen molar-refractivity contribution in [3.05, 3.63) is 35.4 Å². The van der Waals surface area contributed by atoms with Gasteiger partial charge in [-0.25, -0.2) is 4.79 Å². The number of rotatable bonds is 14. The zero-order valence-corrected chi connectivity index (χ0v) is 25.8. The summed E-state index contributed by atoms with van der Waals surface area (Å²) in [6.07, 6.45) is 3.08. The van der Waals surface area contributed by atoms with E-state index in [0.717, 1.165) is 12.0 Å². The van der Waals surface area contributed by atoms with Crippen LogP contribution in [-0.4, -0.2) is 72.1 Å². The third-order valence-electron chi connectivity index (χ3n) is 6.01. The Labute approximate surface area is 238 Å². The standard InChI is InChI=1S/C29H47N3O6S/c1-19(2)13-14-21(4)32(27(35)23(15-16-39-9)31-28(36)38-29(5,6)7)25(22-12-10-11-20(3)17-22)26(34)30-18-24(33)37-8/h10-12,17,19,21,23,25H,13-16,18H2,1-9H3,(H,30,34)(H,31,36). The largest absolute Gasteiger partial charge is 0.468 e. The van der Waals surface area contributed by atoms with E-state index in [4.69, 9.17) is 9.47 Å². The van der Waals surface area contributed by atoms with Crippen LogP contribution in [0.1, 0.15) is 78.0 Å². The predicted molar refractivity (Wildman–Crippen MR) is 155 cm³/mol. The van der Waals surface area contributed by atoms with Crippen molar-refractivity contribution >= 4 is 35.6 Å². The Morgan fingerprint density at radius 1 is 1.05 bits per heavy atom. The van der Waals surface area contributed by atoms with Gasteiger partial charge in [0.15, 0.2) is 0 Å². The fourth-order valence-corrected chi connectivity index (χ4v) is 4.51. The summed E-state index contributed by atoms with van der Waals surface area (Å²) < 4.78 is 10.1. The first kappa shape index (κ1) is 34.3. The van der Waals surface area contributed by atoms with Crippen molar-refractivity contribution in [2.24, 2.45) is 5.92 Å². The molecule has 220 valence electrons. The molecular weight excluding hydrogens is 518 g/mol. The molecule has 0 aliphatic heterocycles. The molecule has 0 aromatic heterocycles. The lowest BCUT2D eigenvalue weighted by atomic mass is 9.96. The SMILES string of the molecule is COC(=O)CNC(=O)C(c1cccc(C)c1)N(C(=O)C(CCSC)NC(=O)OC(C)(C)C)C(C)CCC(C)C. The summed E-state index contributed by atoms with van der Waals surface area (Å²) >= 11 is 1.56. The highest BCUT2D eigenvalue weighted by Gasteiger charge is 2.39. The molecule has 0 spiro atoms. The monoisotopic (exact) mass is 565 g/mol. The van der Waals surface area contributed by atoms with Gasteiger partial charge in [0, 0.05) is 6.04 Å². The molecule has 0 aliphatic carbocycles. The normalized spacial score (nSPS) is 13.7. The van der Waals surface area contributed by atoms with Gasteiger partial charge in [-0.1, -0.05) is 43.7 Å². The zero-order valence-electron chi connectivity index (χ0n) is 25.0. The highest BCUT2D eigenvalue weighted by Crippen LogP contribution is 2.28. The van der Waals surface area contributed by atoms with Gasteiger partial charge in [0.05, 0.1) is 7.11 Å². The summed E-state index contributed by atoms with van der Waals surface area (Å²) in [5, 5.41) is 5.39. The molecule has 0 heterocycles. The minimum absolute atomic E-state index is 0.327. The van der Waals surface area contributed by atoms with E-state index in [1.807, 2.05) is 38.3 Å². The quantitative estimate of drug-likeness (QED) is 0.316. The van der Waals surface area contributed by atoms with Gasteiger partial charge >= 0.3 is 12.1 Å². The molecule has 0 fully saturated rings. The molecule has 3 amide bonds. The number of thioether (sulfide) groups is 1. The number of hydrogen-bond donors (Lipinski definition) is 2. The first-order valence-corrected chi connectivity index (χ1v) is 14.8. The van der Waals surface area contributed by atoms with Crippen molar-refractivity contribution in [2.45, 2.75) is 91.5 Å². The Morgan fingerprint density at radius 2 is 1.72 bits per heavy atom. The lowest BCUT2D eigenvalue weighted by Gasteiger charge is -2.39. The molecule has 2 N–H and O–H groups in total. The summed E-state index contributed by atoms with van der Waals surface area (Å²) in [6, 6.07) is 5.12. The van der Waals surface area contributed by atoms with Crippen LogP contribution >= 0.6 is 11.8 Å². The third-order valence-corrected chi connectivity index (χ3v) is 6.65. The molecule has 0 saturated carbocycles. The number of carbonyl (C=O) groups is 4. The van der Waals surface area contributed by atoms with E-state index in [1.165, 1.54) is 7.11 Å². The molecule has 3 unspecified atom stereocenters. The number of aryl methyl sites for hydroxylation is 1. The molecule has 39 heavy (non-hydrogen) atoms. The van der Waals surface area contributed by atoms with Crippen molar-refractivity contribution < 1.29 is 28.7 Å². The van der Waals surface area contributed by atoms with E-state index >= 15 is 0 Å². The van der Waals surface area contributed by atoms with Gasteiger partial charge < -0.3 is 25.0 Å². The molecule has 0 aliphatic rings. The number of carbonyl (C=O) groups excluding carboxylic acids is 4. The van der Waals surface area contributed by atoms with E-state index < -0.39 is 35.7 Å². The Bertz CT molecular complexity index is 963. The number of methoxy groups -OCH3 is 1. The van der Waals surface area contributed by atoms with E-state index in [2.05, 4.69) is 24.5 Å². The molecular formula is C29H47N3O6S. The Kier molecular flexibility index (Phi) is 14.4. The maximum Gasteiger partial charge on any atom is 0.408 e. The van der Waals surface area contributed by atoms with Gasteiger partial charge in [0.1, 0.15) is 24.2 Å². The Morgan fingerprint density at radius 3 is 2.26 bits per heavy atom. The van der Waals surface area contributed by atoms with Crippen molar-refractivity contribution in [1.29, 1.82) is 0 Å². The van der Waals surface area contributed by atoms with Crippen molar-refractivity contribution in [3.63, 3.8) is 0 Å². The van der Waals surface area contributed by atoms with Gasteiger partial charge in [-0.3, -0.25) is 14.4 Å². The van der Waals surface area contributed by atoms with Crippen LogP contribution in [0.3, 0.4) is 0 Å². The van der Waals surface area contributed by atoms with Crippen LogP contribution in [-0.2, 0) is 23.9 Å². The molecule has 1 aromatic carbocycles. The van der Waals surface area contributed by atoms with E-state index in [-0.39, 0.29) is 18.5 Å². The molecule has 9 nitrogen and oxygen atoms in total. The second kappa shape index (κ2) is 16.4. The summed E-state index contributed by atoms with van der Waals surface area (Å²) in [5.74, 6) is -0.476. The number of nitrogens with zero attached hydrogens (tertiary/aromatic N) is 1. The summed E-state index contributed by atoms with van der Waals surface area (Å²) in [6.45, 7) is 13.0. The smallest absolute Gasteiger partial charge is 0.408 e. The Hall–Kier alpha value is -2.75. The topological polar surface area (TPSA) is 114 Å². The average molecular weight is 566 g/mol. The van der Waals surface area contributed by atoms with Crippen molar-refractivity contribution in [3.8, 4) is 0 Å². The average Bonchev–Trinajstić information content (AvgIpc) is 2.84. The third kappa shape index (κ3) is 12.3. The number of hydrogen-bond acceptors (Lipinski definition) is 7. The van der Waals surface area contributed by atoms with Crippen LogP contribution in [0.15, 0.2) is 24.3 Å². The van der Waals surface area contributed by atoms with Crippen LogP contribution in [0.5, 0.6) is 0 Å². The van der Waals surface area contributed by atoms with Crippen LogP contribution < -0.4 is 10.6 Å². The Balaban J connectivity index is 3.59. The van der Waals surface area contributed by atoms with Gasteiger partial charge in [-0.2, -0.15) is 11.8 Å². The molecule has 1 aromatic rings. The van der Waals surface area contributed by atoms with E-state index in [1.54, 1.807) is 43.5 Å². The fraction of sp³-hybridized carbons (Fsp3) is 0.655. The molecule has 0 radical (unpaired) electrons. The first-order chi connectivity index (χ1) is 18.2. The van der Waals surface area contributed by atoms with Gasteiger partial charge in [-0.15, -0.1) is 0 Å². The minimum Gasteiger partial charge on any atom is -0.468 e. The second-order valence-corrected chi connectivity index (χ2v) is 12.1. The maximum absolute atomic E-state index is 14.3. The van der Waals surface area contributed by atoms with Crippen LogP contribution in [0.2, 0.25) is 0 Å². The lowest BCUT2D eigenvalue weighted by molar-refractivity contribution is -0.146. The summed E-state index contributed by atoms with van der Waals surface area (Å²) in [4.78, 5) is 54.1. The second-order valence-electron chi connectivity index (χ2n) is 11.2. The van der Waals surface area contributed by atoms with Crippen molar-refractivity contribution in [2.75, 3.05) is 25.7 Å². The number of amides is 3. The van der Waals surface area contributed by atoms with E-state index in [0.29, 0.717) is 30.1 Å². The number of esters is 1. The molecule has 0 bridgehead atoms. The van der Waals surface area contributed by atoms with Crippen LogP contribution in [0.25, 0.3) is 0 Å².